The van der Waals surface area contributed by atoms with Crippen molar-refractivity contribution in [2.45, 2.75) is 24.8 Å². The van der Waals surface area contributed by atoms with E-state index in [-0.39, 0.29) is 22.6 Å². The van der Waals surface area contributed by atoms with Crippen molar-refractivity contribution in [3.05, 3.63) is 99.8 Å². The monoisotopic (exact) mass is 479 g/mol. The molecule has 174 valence electrons. The number of benzene rings is 3. The molecule has 0 spiro atoms. The van der Waals surface area contributed by atoms with Crippen LogP contribution in [-0.2, 0) is 5.75 Å². The summed E-state index contributed by atoms with van der Waals surface area (Å²) in [6.07, 6.45) is 0. The van der Waals surface area contributed by atoms with Crippen LogP contribution in [0.1, 0.15) is 29.8 Å². The molecular formula is C26H23F2N3O2S. The van der Waals surface area contributed by atoms with E-state index in [4.69, 9.17) is 0 Å². The third-order valence-electron chi connectivity index (χ3n) is 5.52. The van der Waals surface area contributed by atoms with Gasteiger partial charge in [0.25, 0.3) is 11.5 Å². The van der Waals surface area contributed by atoms with Gasteiger partial charge >= 0.3 is 0 Å². The summed E-state index contributed by atoms with van der Waals surface area (Å²) in [5.41, 5.74) is 1.16. The van der Waals surface area contributed by atoms with Gasteiger partial charge in [-0.25, -0.2) is 13.8 Å². The SMILES string of the molecule is CCN(CC)C(=O)c1ccc2c(=O)n(-c3cccc(F)c3)c(SCc3ccccc3F)nc2c1. The Morgan fingerprint density at radius 3 is 2.47 bits per heavy atom. The van der Waals surface area contributed by atoms with Crippen LogP contribution in [0.3, 0.4) is 0 Å². The van der Waals surface area contributed by atoms with Gasteiger partial charge < -0.3 is 4.90 Å². The number of carbonyl (C=O) groups excluding carboxylic acids is 1. The minimum Gasteiger partial charge on any atom is -0.339 e. The van der Waals surface area contributed by atoms with Crippen LogP contribution >= 0.6 is 11.8 Å². The molecule has 0 saturated carbocycles. The Balaban J connectivity index is 1.86. The van der Waals surface area contributed by atoms with Crippen LogP contribution in [0.5, 0.6) is 0 Å². The van der Waals surface area contributed by atoms with E-state index in [0.717, 1.165) is 0 Å². The smallest absolute Gasteiger partial charge is 0.266 e. The Morgan fingerprint density at radius 2 is 1.76 bits per heavy atom. The maximum absolute atomic E-state index is 14.2. The van der Waals surface area contributed by atoms with E-state index in [0.29, 0.717) is 40.8 Å². The van der Waals surface area contributed by atoms with Crippen molar-refractivity contribution < 1.29 is 13.6 Å². The lowest BCUT2D eigenvalue weighted by molar-refractivity contribution is 0.0773. The number of carbonyl (C=O) groups is 1. The molecule has 34 heavy (non-hydrogen) atoms. The lowest BCUT2D eigenvalue weighted by Crippen LogP contribution is -2.30. The van der Waals surface area contributed by atoms with Crippen molar-refractivity contribution in [1.29, 1.82) is 0 Å². The normalized spacial score (nSPS) is 11.1. The molecule has 0 aliphatic rings. The molecule has 0 fully saturated rings. The summed E-state index contributed by atoms with van der Waals surface area (Å²) in [5.74, 6) is -0.779. The average molecular weight is 480 g/mol. The number of hydrogen-bond acceptors (Lipinski definition) is 4. The molecule has 8 heteroatoms. The van der Waals surface area contributed by atoms with Gasteiger partial charge in [0.2, 0.25) is 0 Å². The van der Waals surface area contributed by atoms with Gasteiger partial charge in [-0.3, -0.25) is 14.2 Å². The number of aromatic nitrogens is 2. The number of hydrogen-bond donors (Lipinski definition) is 0. The lowest BCUT2D eigenvalue weighted by Gasteiger charge is -2.19. The lowest BCUT2D eigenvalue weighted by atomic mass is 10.1. The van der Waals surface area contributed by atoms with Gasteiger partial charge in [0.15, 0.2) is 5.16 Å². The van der Waals surface area contributed by atoms with Gasteiger partial charge in [0.05, 0.1) is 16.6 Å². The third-order valence-corrected chi connectivity index (χ3v) is 6.50. The van der Waals surface area contributed by atoms with E-state index in [1.165, 1.54) is 40.6 Å². The molecule has 3 aromatic carbocycles. The molecule has 5 nitrogen and oxygen atoms in total. The van der Waals surface area contributed by atoms with Crippen molar-refractivity contribution in [3.8, 4) is 5.69 Å². The predicted octanol–water partition coefficient (Wildman–Crippen LogP) is 5.44. The minimum absolute atomic E-state index is 0.149. The highest BCUT2D eigenvalue weighted by Gasteiger charge is 2.18. The van der Waals surface area contributed by atoms with E-state index in [1.54, 1.807) is 47.4 Å². The first-order valence-electron chi connectivity index (χ1n) is 10.9. The first-order valence-corrected chi connectivity index (χ1v) is 11.9. The van der Waals surface area contributed by atoms with Crippen molar-refractivity contribution >= 4 is 28.6 Å². The topological polar surface area (TPSA) is 55.2 Å². The van der Waals surface area contributed by atoms with E-state index in [9.17, 15) is 18.4 Å². The molecule has 0 unspecified atom stereocenters. The molecule has 4 rings (SSSR count). The van der Waals surface area contributed by atoms with E-state index in [1.807, 2.05) is 13.8 Å². The van der Waals surface area contributed by atoms with Gasteiger partial charge in [0, 0.05) is 24.4 Å². The molecule has 1 heterocycles. The molecule has 0 atom stereocenters. The summed E-state index contributed by atoms with van der Waals surface area (Å²) in [7, 11) is 0. The van der Waals surface area contributed by atoms with E-state index < -0.39 is 11.4 Å². The van der Waals surface area contributed by atoms with Gasteiger partial charge in [-0.1, -0.05) is 36.0 Å². The Labute approximate surface area is 200 Å². The molecular weight excluding hydrogens is 456 g/mol. The van der Waals surface area contributed by atoms with Crippen LogP contribution in [0.15, 0.2) is 76.7 Å². The summed E-state index contributed by atoms with van der Waals surface area (Å²) in [6.45, 7) is 4.92. The Morgan fingerprint density at radius 1 is 1.00 bits per heavy atom. The molecule has 0 radical (unpaired) electrons. The molecule has 0 bridgehead atoms. The third kappa shape index (κ3) is 4.72. The molecule has 0 saturated heterocycles. The highest BCUT2D eigenvalue weighted by atomic mass is 32.2. The summed E-state index contributed by atoms with van der Waals surface area (Å²) in [6, 6.07) is 16.8. The second kappa shape index (κ2) is 10.2. The Hall–Kier alpha value is -3.52. The van der Waals surface area contributed by atoms with Gasteiger partial charge in [-0.15, -0.1) is 0 Å². The first-order chi connectivity index (χ1) is 16.4. The summed E-state index contributed by atoms with van der Waals surface area (Å²) in [5, 5.41) is 0.578. The average Bonchev–Trinajstić information content (AvgIpc) is 2.84. The molecule has 0 aliphatic carbocycles. The molecule has 4 aromatic rings. The van der Waals surface area contributed by atoms with Crippen molar-refractivity contribution in [1.82, 2.24) is 14.5 Å². The molecule has 0 N–H and O–H groups in total. The minimum atomic E-state index is -0.491. The van der Waals surface area contributed by atoms with Crippen LogP contribution in [-0.4, -0.2) is 33.4 Å². The van der Waals surface area contributed by atoms with Crippen molar-refractivity contribution in [2.24, 2.45) is 0 Å². The second-order valence-electron chi connectivity index (χ2n) is 7.60. The molecule has 0 aliphatic heterocycles. The summed E-state index contributed by atoms with van der Waals surface area (Å²) >= 11 is 1.17. The highest BCUT2D eigenvalue weighted by molar-refractivity contribution is 7.98. The number of halogens is 2. The number of fused-ring (bicyclic) bond motifs is 1. The summed E-state index contributed by atoms with van der Waals surface area (Å²) < 4.78 is 29.5. The highest BCUT2D eigenvalue weighted by Crippen LogP contribution is 2.26. The van der Waals surface area contributed by atoms with Gasteiger partial charge in [0.1, 0.15) is 11.6 Å². The number of thioether (sulfide) groups is 1. The maximum Gasteiger partial charge on any atom is 0.266 e. The van der Waals surface area contributed by atoms with Crippen LogP contribution < -0.4 is 5.56 Å². The van der Waals surface area contributed by atoms with Gasteiger partial charge in [-0.05, 0) is 61.9 Å². The standard InChI is InChI=1S/C26H23F2N3O2S/c1-3-30(4-2)24(32)17-12-13-21-23(14-17)29-26(34-16-18-8-5-6-11-22(18)28)31(25(21)33)20-10-7-9-19(27)15-20/h5-15H,3-4,16H2,1-2H3. The van der Waals surface area contributed by atoms with Crippen molar-refractivity contribution in [3.63, 3.8) is 0 Å². The van der Waals surface area contributed by atoms with Crippen LogP contribution in [0, 0.1) is 11.6 Å². The Bertz CT molecular complexity index is 1420. The fraction of sp³-hybridized carbons (Fsp3) is 0.192. The maximum atomic E-state index is 14.2. The van der Waals surface area contributed by atoms with Gasteiger partial charge in [-0.2, -0.15) is 0 Å². The zero-order valence-corrected chi connectivity index (χ0v) is 19.6. The number of amides is 1. The first kappa shape index (κ1) is 23.6. The van der Waals surface area contributed by atoms with Crippen LogP contribution in [0.2, 0.25) is 0 Å². The Kier molecular flexibility index (Phi) is 7.07. The second-order valence-corrected chi connectivity index (χ2v) is 8.55. The molecule has 1 amide bonds. The molecule has 1 aromatic heterocycles. The number of rotatable bonds is 7. The van der Waals surface area contributed by atoms with E-state index in [2.05, 4.69) is 4.98 Å². The van der Waals surface area contributed by atoms with Crippen LogP contribution in [0.25, 0.3) is 16.6 Å². The van der Waals surface area contributed by atoms with Crippen LogP contribution in [0.4, 0.5) is 8.78 Å². The fourth-order valence-corrected chi connectivity index (χ4v) is 4.69. The van der Waals surface area contributed by atoms with E-state index >= 15 is 0 Å². The zero-order valence-electron chi connectivity index (χ0n) is 18.8. The number of nitrogens with zero attached hydrogens (tertiary/aromatic N) is 3. The predicted molar refractivity (Wildman–Crippen MR) is 131 cm³/mol. The quantitative estimate of drug-likeness (QED) is 0.262. The summed E-state index contributed by atoms with van der Waals surface area (Å²) in [4.78, 5) is 32.6. The largest absolute Gasteiger partial charge is 0.339 e. The van der Waals surface area contributed by atoms with Crippen molar-refractivity contribution in [2.75, 3.05) is 13.1 Å². The fourth-order valence-electron chi connectivity index (χ4n) is 3.69. The zero-order chi connectivity index (χ0) is 24.2.